The van der Waals surface area contributed by atoms with Gasteiger partial charge in [-0.1, -0.05) is 44.2 Å². The van der Waals surface area contributed by atoms with Crippen LogP contribution in [0.1, 0.15) is 52.5 Å². The van der Waals surface area contributed by atoms with Crippen LogP contribution in [0.4, 0.5) is 0 Å². The number of benzene rings is 1. The first kappa shape index (κ1) is 22.0. The lowest BCUT2D eigenvalue weighted by Gasteiger charge is -2.47. The van der Waals surface area contributed by atoms with Crippen molar-refractivity contribution in [1.82, 2.24) is 20.4 Å². The molecule has 1 spiro atoms. The van der Waals surface area contributed by atoms with Crippen molar-refractivity contribution < 1.29 is 4.79 Å². The molecule has 5 nitrogen and oxygen atoms in total. The lowest BCUT2D eigenvalue weighted by Crippen LogP contribution is -2.62. The third-order valence-electron chi connectivity index (χ3n) is 6.40. The van der Waals surface area contributed by atoms with Crippen LogP contribution in [0.2, 0.25) is 0 Å². The van der Waals surface area contributed by atoms with Crippen molar-refractivity contribution in [3.05, 3.63) is 35.9 Å². The second-order valence-electron chi connectivity index (χ2n) is 8.80. The summed E-state index contributed by atoms with van der Waals surface area (Å²) >= 11 is 5.51. The summed E-state index contributed by atoms with van der Waals surface area (Å²) in [5.41, 5.74) is 1.08. The Morgan fingerprint density at radius 3 is 2.48 bits per heavy atom. The van der Waals surface area contributed by atoms with Gasteiger partial charge in [0, 0.05) is 38.5 Å². The Balaban J connectivity index is 1.73. The predicted octanol–water partition coefficient (Wildman–Crippen LogP) is 3.15. The van der Waals surface area contributed by atoms with E-state index in [0.29, 0.717) is 0 Å². The number of piperidine rings is 1. The van der Waals surface area contributed by atoms with Crippen molar-refractivity contribution >= 4 is 23.2 Å². The third kappa shape index (κ3) is 4.75. The maximum atomic E-state index is 13.4. The van der Waals surface area contributed by atoms with E-state index >= 15 is 0 Å². The van der Waals surface area contributed by atoms with Crippen LogP contribution in [-0.2, 0) is 11.2 Å². The van der Waals surface area contributed by atoms with Gasteiger partial charge < -0.3 is 15.1 Å². The Bertz CT molecular complexity index is 700. The molecule has 0 aliphatic carbocycles. The molecule has 1 aromatic rings. The zero-order valence-electron chi connectivity index (χ0n) is 18.3. The average molecular weight is 417 g/mol. The maximum absolute atomic E-state index is 13.4. The van der Waals surface area contributed by atoms with Gasteiger partial charge >= 0.3 is 0 Å². The van der Waals surface area contributed by atoms with Gasteiger partial charge in [0.25, 0.3) is 0 Å². The monoisotopic (exact) mass is 416 g/mol. The fourth-order valence-corrected chi connectivity index (χ4v) is 5.08. The molecule has 6 heteroatoms. The smallest absolute Gasteiger partial charge is 0.241 e. The quantitative estimate of drug-likeness (QED) is 0.698. The van der Waals surface area contributed by atoms with E-state index < -0.39 is 0 Å². The van der Waals surface area contributed by atoms with Crippen LogP contribution in [0.5, 0.6) is 0 Å². The largest absolute Gasteiger partial charge is 0.363 e. The SMILES string of the molecule is CCNC(=S)N1CCC2(CC1)N[C@@H](C(C)C)C(=O)N2[C@H](C)CCc1ccccc1. The van der Waals surface area contributed by atoms with E-state index in [4.69, 9.17) is 12.2 Å². The highest BCUT2D eigenvalue weighted by atomic mass is 32.1. The zero-order chi connectivity index (χ0) is 21.0. The van der Waals surface area contributed by atoms with Crippen molar-refractivity contribution in [2.75, 3.05) is 19.6 Å². The van der Waals surface area contributed by atoms with Crippen LogP contribution in [-0.4, -0.2) is 58.2 Å². The summed E-state index contributed by atoms with van der Waals surface area (Å²) < 4.78 is 0. The predicted molar refractivity (Wildman–Crippen MR) is 123 cm³/mol. The van der Waals surface area contributed by atoms with Gasteiger partial charge in [0.2, 0.25) is 5.91 Å². The van der Waals surface area contributed by atoms with Gasteiger partial charge in [-0.15, -0.1) is 0 Å². The number of hydrogen-bond donors (Lipinski definition) is 2. The average Bonchev–Trinajstić information content (AvgIpc) is 3.00. The minimum absolute atomic E-state index is 0.0959. The van der Waals surface area contributed by atoms with Crippen molar-refractivity contribution in [1.29, 1.82) is 0 Å². The number of carbonyl (C=O) groups is 1. The summed E-state index contributed by atoms with van der Waals surface area (Å²) in [4.78, 5) is 17.8. The van der Waals surface area contributed by atoms with E-state index in [1.807, 2.05) is 0 Å². The number of aryl methyl sites for hydroxylation is 1. The Hall–Kier alpha value is -1.66. The molecule has 160 valence electrons. The van der Waals surface area contributed by atoms with E-state index in [2.05, 4.69) is 78.5 Å². The molecule has 3 rings (SSSR count). The van der Waals surface area contributed by atoms with E-state index in [0.717, 1.165) is 50.4 Å². The first-order valence-corrected chi connectivity index (χ1v) is 11.5. The van der Waals surface area contributed by atoms with E-state index in [-0.39, 0.29) is 29.6 Å². The maximum Gasteiger partial charge on any atom is 0.241 e. The molecule has 2 atom stereocenters. The van der Waals surface area contributed by atoms with E-state index in [1.165, 1.54) is 5.56 Å². The van der Waals surface area contributed by atoms with Crippen molar-refractivity contribution in [3.63, 3.8) is 0 Å². The number of thiocarbonyl (C=S) groups is 1. The molecule has 0 aromatic heterocycles. The number of rotatable bonds is 6. The molecule has 0 radical (unpaired) electrons. The lowest BCUT2D eigenvalue weighted by atomic mass is 9.93. The molecule has 2 fully saturated rings. The Kier molecular flexibility index (Phi) is 7.17. The lowest BCUT2D eigenvalue weighted by molar-refractivity contribution is -0.136. The van der Waals surface area contributed by atoms with Crippen molar-refractivity contribution in [2.24, 2.45) is 5.92 Å². The summed E-state index contributed by atoms with van der Waals surface area (Å²) in [5.74, 6) is 0.551. The Labute approximate surface area is 181 Å². The molecule has 1 aromatic carbocycles. The highest BCUT2D eigenvalue weighted by Gasteiger charge is 2.53. The molecular weight excluding hydrogens is 380 g/mol. The second-order valence-corrected chi connectivity index (χ2v) is 9.19. The van der Waals surface area contributed by atoms with Gasteiger partial charge in [-0.3, -0.25) is 10.1 Å². The summed E-state index contributed by atoms with van der Waals surface area (Å²) in [5, 5.41) is 7.85. The van der Waals surface area contributed by atoms with Crippen LogP contribution >= 0.6 is 12.2 Å². The molecule has 29 heavy (non-hydrogen) atoms. The number of hydrogen-bond acceptors (Lipinski definition) is 3. The van der Waals surface area contributed by atoms with Gasteiger partial charge in [-0.05, 0) is 50.4 Å². The van der Waals surface area contributed by atoms with E-state index in [1.54, 1.807) is 0 Å². The number of amides is 1. The molecule has 0 saturated carbocycles. The van der Waals surface area contributed by atoms with Gasteiger partial charge in [0.1, 0.15) is 0 Å². The Morgan fingerprint density at radius 1 is 1.24 bits per heavy atom. The van der Waals surface area contributed by atoms with Gasteiger partial charge in [0.05, 0.1) is 11.7 Å². The highest BCUT2D eigenvalue weighted by molar-refractivity contribution is 7.80. The number of nitrogens with zero attached hydrogens (tertiary/aromatic N) is 2. The summed E-state index contributed by atoms with van der Waals surface area (Å²) in [6.45, 7) is 11.1. The van der Waals surface area contributed by atoms with Crippen LogP contribution in [0.15, 0.2) is 30.3 Å². The van der Waals surface area contributed by atoms with Gasteiger partial charge in [0.15, 0.2) is 5.11 Å². The zero-order valence-corrected chi connectivity index (χ0v) is 19.1. The molecule has 0 unspecified atom stereocenters. The standard InChI is InChI=1S/C23H36N4OS/c1-5-24-22(29)26-15-13-23(14-16-26)25-20(17(2)3)21(28)27(23)18(4)11-12-19-9-7-6-8-10-19/h6-10,17-18,20,25H,5,11-16H2,1-4H3,(H,24,29)/t18-,20+/m1/s1. The number of carbonyl (C=O) groups excluding carboxylic acids is 1. The molecule has 1 amide bonds. The van der Waals surface area contributed by atoms with Gasteiger partial charge in [-0.25, -0.2) is 0 Å². The van der Waals surface area contributed by atoms with Crippen molar-refractivity contribution in [3.8, 4) is 0 Å². The minimum atomic E-state index is -0.250. The first-order chi connectivity index (χ1) is 13.9. The van der Waals surface area contributed by atoms with E-state index in [9.17, 15) is 4.79 Å². The summed E-state index contributed by atoms with van der Waals surface area (Å²) in [6, 6.07) is 10.7. The van der Waals surface area contributed by atoms with Crippen LogP contribution < -0.4 is 10.6 Å². The molecule has 2 N–H and O–H groups in total. The molecule has 2 aliphatic rings. The number of likely N-dealkylation sites (tertiary alicyclic amines) is 1. The fourth-order valence-electron chi connectivity index (χ4n) is 4.75. The Morgan fingerprint density at radius 2 is 1.90 bits per heavy atom. The molecule has 2 saturated heterocycles. The van der Waals surface area contributed by atoms with Crippen LogP contribution in [0.25, 0.3) is 0 Å². The first-order valence-electron chi connectivity index (χ1n) is 11.1. The topological polar surface area (TPSA) is 47.6 Å². The van der Waals surface area contributed by atoms with Crippen molar-refractivity contribution in [2.45, 2.75) is 71.1 Å². The number of nitrogens with one attached hydrogen (secondary N) is 2. The molecule has 2 aliphatic heterocycles. The fraction of sp³-hybridized carbons (Fsp3) is 0.652. The second kappa shape index (κ2) is 9.43. The molecular formula is C23H36N4OS. The highest BCUT2D eigenvalue weighted by Crippen LogP contribution is 2.36. The van der Waals surface area contributed by atoms with Crippen LogP contribution in [0.3, 0.4) is 0 Å². The summed E-state index contributed by atoms with van der Waals surface area (Å²) in [7, 11) is 0. The minimum Gasteiger partial charge on any atom is -0.363 e. The molecule has 0 bridgehead atoms. The molecule has 2 heterocycles. The normalized spacial score (nSPS) is 22.4. The van der Waals surface area contributed by atoms with Crippen LogP contribution in [0, 0.1) is 5.92 Å². The summed E-state index contributed by atoms with van der Waals surface area (Å²) in [6.07, 6.45) is 3.78. The van der Waals surface area contributed by atoms with Gasteiger partial charge in [-0.2, -0.15) is 0 Å². The third-order valence-corrected chi connectivity index (χ3v) is 6.80.